The van der Waals surface area contributed by atoms with Gasteiger partial charge in [0, 0.05) is 6.92 Å². The number of aliphatic hydroxyl groups excluding tert-OH is 10. The fraction of sp³-hybridized carbons (Fsp3) is 0.950. The van der Waals surface area contributed by atoms with Crippen molar-refractivity contribution in [3.8, 4) is 0 Å². The third-order valence-corrected chi connectivity index (χ3v) is 6.49. The number of ether oxygens (including phenoxy) is 5. The summed E-state index contributed by atoms with van der Waals surface area (Å²) < 4.78 is 27.0. The van der Waals surface area contributed by atoms with E-state index in [4.69, 9.17) is 23.7 Å². The summed E-state index contributed by atoms with van der Waals surface area (Å²) in [4.78, 5) is 11.7. The van der Waals surface area contributed by atoms with Crippen LogP contribution in [0.25, 0.3) is 0 Å². The van der Waals surface area contributed by atoms with Crippen LogP contribution in [0, 0.1) is 0 Å². The van der Waals surface area contributed by atoms with Gasteiger partial charge in [-0.25, -0.2) is 0 Å². The standard InChI is InChI=1S/C20H35NO16/c1-5(25)21-9-12(28)10(26)6(2-22)34-19(9)37-17-11(27)7(3-23)35-20(15(17)31)36-16-8(4-24)33-18(32)14(30)13(16)29/h6-20,22-24,26-32H,2-4H2,1H3,(H,21,25)/t6-,7-,8-,9-,10-,11+,12-,13-,14-,15-,16-,17+,18?,19+,20+/m1/s1. The molecule has 17 nitrogen and oxygen atoms in total. The van der Waals surface area contributed by atoms with Gasteiger partial charge in [-0.15, -0.1) is 0 Å². The van der Waals surface area contributed by atoms with E-state index >= 15 is 0 Å². The van der Waals surface area contributed by atoms with E-state index in [0.717, 1.165) is 6.92 Å². The van der Waals surface area contributed by atoms with E-state index in [1.807, 2.05) is 0 Å². The molecule has 3 rings (SSSR count). The molecule has 1 unspecified atom stereocenters. The van der Waals surface area contributed by atoms with Crippen LogP contribution in [0.3, 0.4) is 0 Å². The lowest BCUT2D eigenvalue weighted by Gasteiger charge is -2.48. The molecule has 216 valence electrons. The Bertz CT molecular complexity index is 745. The van der Waals surface area contributed by atoms with Crippen molar-refractivity contribution in [3.05, 3.63) is 0 Å². The quantitative estimate of drug-likeness (QED) is 0.135. The predicted molar refractivity (Wildman–Crippen MR) is 113 cm³/mol. The Balaban J connectivity index is 1.83. The van der Waals surface area contributed by atoms with Crippen LogP contribution in [0.2, 0.25) is 0 Å². The Morgan fingerprint density at radius 2 is 1.19 bits per heavy atom. The van der Waals surface area contributed by atoms with E-state index in [9.17, 15) is 55.9 Å². The maximum absolute atomic E-state index is 11.7. The van der Waals surface area contributed by atoms with Crippen molar-refractivity contribution in [2.45, 2.75) is 99.0 Å². The lowest BCUT2D eigenvalue weighted by molar-refractivity contribution is -0.373. The molecule has 0 aromatic rings. The van der Waals surface area contributed by atoms with Crippen LogP contribution in [-0.4, -0.2) is 169 Å². The molecule has 0 saturated carbocycles. The predicted octanol–water partition coefficient (Wildman–Crippen LogP) is -7.43. The molecule has 0 aliphatic carbocycles. The van der Waals surface area contributed by atoms with Gasteiger partial charge in [0.1, 0.15) is 73.2 Å². The summed E-state index contributed by atoms with van der Waals surface area (Å²) in [5.41, 5.74) is 0. The summed E-state index contributed by atoms with van der Waals surface area (Å²) in [5, 5.41) is 103. The number of amides is 1. The molecular weight excluding hydrogens is 510 g/mol. The summed E-state index contributed by atoms with van der Waals surface area (Å²) in [6, 6.07) is -1.42. The fourth-order valence-corrected chi connectivity index (χ4v) is 4.46. The largest absolute Gasteiger partial charge is 0.394 e. The second-order valence-corrected chi connectivity index (χ2v) is 9.07. The lowest BCUT2D eigenvalue weighted by atomic mass is 9.95. The van der Waals surface area contributed by atoms with Crippen LogP contribution in [-0.2, 0) is 28.5 Å². The molecule has 0 bridgehead atoms. The number of carbonyl (C=O) groups is 1. The average molecular weight is 545 g/mol. The third kappa shape index (κ3) is 6.38. The van der Waals surface area contributed by atoms with Crippen LogP contribution in [0.5, 0.6) is 0 Å². The highest BCUT2D eigenvalue weighted by Crippen LogP contribution is 2.32. The second kappa shape index (κ2) is 12.8. The van der Waals surface area contributed by atoms with E-state index in [1.54, 1.807) is 0 Å². The first-order valence-electron chi connectivity index (χ1n) is 11.6. The molecule has 3 aliphatic heterocycles. The molecule has 1 amide bonds. The van der Waals surface area contributed by atoms with E-state index in [-0.39, 0.29) is 0 Å². The summed E-state index contributed by atoms with van der Waals surface area (Å²) in [7, 11) is 0. The van der Waals surface area contributed by atoms with Crippen LogP contribution < -0.4 is 5.32 Å². The van der Waals surface area contributed by atoms with E-state index in [1.165, 1.54) is 0 Å². The zero-order chi connectivity index (χ0) is 27.6. The number of aliphatic hydroxyl groups is 10. The van der Waals surface area contributed by atoms with Gasteiger partial charge < -0.3 is 80.1 Å². The molecular formula is C20H35NO16. The van der Waals surface area contributed by atoms with Gasteiger partial charge in [0.05, 0.1) is 19.8 Å². The van der Waals surface area contributed by atoms with Gasteiger partial charge >= 0.3 is 0 Å². The molecule has 3 fully saturated rings. The van der Waals surface area contributed by atoms with E-state index in [2.05, 4.69) is 5.32 Å². The molecule has 0 radical (unpaired) electrons. The molecule has 3 heterocycles. The number of rotatable bonds is 8. The molecule has 11 N–H and O–H groups in total. The first kappa shape index (κ1) is 30.4. The van der Waals surface area contributed by atoms with Gasteiger partial charge in [-0.3, -0.25) is 4.79 Å². The highest BCUT2D eigenvalue weighted by molar-refractivity contribution is 5.73. The van der Waals surface area contributed by atoms with Gasteiger partial charge in [0.2, 0.25) is 5.91 Å². The Morgan fingerprint density at radius 3 is 1.76 bits per heavy atom. The fourth-order valence-electron chi connectivity index (χ4n) is 4.46. The number of nitrogens with one attached hydrogen (secondary N) is 1. The number of carbonyl (C=O) groups excluding carboxylic acids is 1. The van der Waals surface area contributed by atoms with Crippen LogP contribution >= 0.6 is 0 Å². The zero-order valence-corrected chi connectivity index (χ0v) is 19.7. The van der Waals surface area contributed by atoms with Crippen molar-refractivity contribution in [2.24, 2.45) is 0 Å². The third-order valence-electron chi connectivity index (χ3n) is 6.49. The first-order valence-corrected chi connectivity index (χ1v) is 11.6. The van der Waals surface area contributed by atoms with Crippen LogP contribution in [0.1, 0.15) is 6.92 Å². The van der Waals surface area contributed by atoms with E-state index < -0.39 is 118 Å². The molecule has 15 atom stereocenters. The summed E-state index contributed by atoms with van der Waals surface area (Å²) in [6.07, 6.45) is -23.4. The highest BCUT2D eigenvalue weighted by atomic mass is 16.7. The van der Waals surface area contributed by atoms with Crippen molar-refractivity contribution < 1.29 is 79.5 Å². The van der Waals surface area contributed by atoms with Crippen LogP contribution in [0.4, 0.5) is 0 Å². The van der Waals surface area contributed by atoms with Crippen molar-refractivity contribution in [1.82, 2.24) is 5.32 Å². The Kier molecular flexibility index (Phi) is 10.5. The second-order valence-electron chi connectivity index (χ2n) is 9.07. The first-order chi connectivity index (χ1) is 17.4. The zero-order valence-electron chi connectivity index (χ0n) is 19.7. The molecule has 37 heavy (non-hydrogen) atoms. The summed E-state index contributed by atoms with van der Waals surface area (Å²) in [6.45, 7) is -1.25. The summed E-state index contributed by atoms with van der Waals surface area (Å²) >= 11 is 0. The SMILES string of the molecule is CC(=O)N[C@H]1[C@H](O[C@H]2[C@@H](O)[C@@H](CO)O[C@@H](O[C@H]3[C@H](O)[C@@H](O)C(O)O[C@@H]3CO)[C@@H]2O)O[C@H](CO)[C@@H](O)[C@@H]1O. The maximum Gasteiger partial charge on any atom is 0.217 e. The van der Waals surface area contributed by atoms with Gasteiger partial charge in [0.15, 0.2) is 18.9 Å². The lowest BCUT2D eigenvalue weighted by Crippen LogP contribution is -2.68. The minimum atomic E-state index is -1.91. The number of hydrogen-bond acceptors (Lipinski definition) is 16. The molecule has 3 saturated heterocycles. The molecule has 3 aliphatic rings. The maximum atomic E-state index is 11.7. The van der Waals surface area contributed by atoms with Crippen molar-refractivity contribution >= 4 is 5.91 Å². The Labute approximate surface area is 210 Å². The smallest absolute Gasteiger partial charge is 0.217 e. The minimum Gasteiger partial charge on any atom is -0.394 e. The highest BCUT2D eigenvalue weighted by Gasteiger charge is 2.53. The van der Waals surface area contributed by atoms with Crippen LogP contribution in [0.15, 0.2) is 0 Å². The van der Waals surface area contributed by atoms with Crippen molar-refractivity contribution in [1.29, 1.82) is 0 Å². The van der Waals surface area contributed by atoms with Gasteiger partial charge in [0.25, 0.3) is 0 Å². The van der Waals surface area contributed by atoms with Gasteiger partial charge in [-0.05, 0) is 0 Å². The van der Waals surface area contributed by atoms with Gasteiger partial charge in [-0.2, -0.15) is 0 Å². The molecule has 0 aromatic heterocycles. The minimum absolute atomic E-state index is 0.652. The molecule has 0 aromatic carbocycles. The monoisotopic (exact) mass is 545 g/mol. The number of hydrogen-bond donors (Lipinski definition) is 11. The van der Waals surface area contributed by atoms with Gasteiger partial charge in [-0.1, -0.05) is 0 Å². The Hall–Kier alpha value is -1.13. The van der Waals surface area contributed by atoms with Crippen molar-refractivity contribution in [2.75, 3.05) is 19.8 Å². The molecule has 17 heteroatoms. The summed E-state index contributed by atoms with van der Waals surface area (Å²) in [5.74, 6) is -0.652. The average Bonchev–Trinajstić information content (AvgIpc) is 2.86. The normalized spacial score (nSPS) is 49.0. The Morgan fingerprint density at radius 1 is 0.649 bits per heavy atom. The van der Waals surface area contributed by atoms with E-state index in [0.29, 0.717) is 0 Å². The van der Waals surface area contributed by atoms with Crippen molar-refractivity contribution in [3.63, 3.8) is 0 Å². The molecule has 0 spiro atoms. The topological polar surface area (TPSA) is 278 Å².